The first kappa shape index (κ1) is 13.8. The highest BCUT2D eigenvalue weighted by molar-refractivity contribution is 6.18. The molecule has 0 unspecified atom stereocenters. The van der Waals surface area contributed by atoms with Gasteiger partial charge in [-0.2, -0.15) is 0 Å². The van der Waals surface area contributed by atoms with E-state index >= 15 is 0 Å². The quantitative estimate of drug-likeness (QED) is 0.732. The van der Waals surface area contributed by atoms with Gasteiger partial charge in [-0.05, 0) is 18.6 Å². The van der Waals surface area contributed by atoms with Crippen LogP contribution in [0, 0.1) is 0 Å². The Balaban J connectivity index is 2.92. The number of benzene rings is 1. The van der Waals surface area contributed by atoms with Gasteiger partial charge in [0.25, 0.3) is 5.91 Å². The molecule has 0 saturated heterocycles. The van der Waals surface area contributed by atoms with Crippen molar-refractivity contribution in [2.24, 2.45) is 0 Å². The first-order chi connectivity index (χ1) is 8.24. The van der Waals surface area contributed by atoms with E-state index in [1.807, 2.05) is 19.1 Å². The zero-order valence-corrected chi connectivity index (χ0v) is 11.0. The predicted molar refractivity (Wildman–Crippen MR) is 69.9 cm³/mol. The maximum Gasteiger partial charge on any atom is 0.257 e. The van der Waals surface area contributed by atoms with Crippen LogP contribution in [0.4, 0.5) is 0 Å². The van der Waals surface area contributed by atoms with Crippen LogP contribution >= 0.6 is 11.6 Å². The first-order valence-electron chi connectivity index (χ1n) is 5.72. The van der Waals surface area contributed by atoms with Crippen LogP contribution < -0.4 is 4.74 Å². The number of rotatable bonds is 6. The number of amides is 1. The Kier molecular flexibility index (Phi) is 5.84. The summed E-state index contributed by atoms with van der Waals surface area (Å²) in [6.07, 6.45) is 0.914. The van der Waals surface area contributed by atoms with E-state index < -0.39 is 0 Å². The Morgan fingerprint density at radius 2 is 2.06 bits per heavy atom. The molecule has 17 heavy (non-hydrogen) atoms. The number of ether oxygens (including phenoxy) is 1. The summed E-state index contributed by atoms with van der Waals surface area (Å²) < 4.78 is 5.19. The zero-order valence-electron chi connectivity index (χ0n) is 10.3. The molecule has 0 atom stereocenters. The molecular weight excluding hydrogens is 238 g/mol. The summed E-state index contributed by atoms with van der Waals surface area (Å²) in [5.74, 6) is 1.03. The van der Waals surface area contributed by atoms with Crippen molar-refractivity contribution >= 4 is 17.5 Å². The lowest BCUT2D eigenvalue weighted by Crippen LogP contribution is -2.33. The summed E-state index contributed by atoms with van der Waals surface area (Å²) in [4.78, 5) is 14.0. The molecule has 94 valence electrons. The van der Waals surface area contributed by atoms with Gasteiger partial charge in [0.15, 0.2) is 0 Å². The predicted octanol–water partition coefficient (Wildman–Crippen LogP) is 2.79. The van der Waals surface area contributed by atoms with Gasteiger partial charge in [0, 0.05) is 19.0 Å². The maximum absolute atomic E-state index is 12.3. The molecule has 0 radical (unpaired) electrons. The minimum Gasteiger partial charge on any atom is -0.496 e. The van der Waals surface area contributed by atoms with E-state index in [9.17, 15) is 4.79 Å². The third kappa shape index (κ3) is 3.63. The van der Waals surface area contributed by atoms with E-state index in [2.05, 4.69) is 0 Å². The van der Waals surface area contributed by atoms with Gasteiger partial charge in [-0.1, -0.05) is 19.1 Å². The Hall–Kier alpha value is -1.22. The van der Waals surface area contributed by atoms with E-state index in [0.29, 0.717) is 30.3 Å². The molecule has 0 aromatic heterocycles. The summed E-state index contributed by atoms with van der Waals surface area (Å²) >= 11 is 5.71. The van der Waals surface area contributed by atoms with Crippen molar-refractivity contribution in [1.82, 2.24) is 4.90 Å². The van der Waals surface area contributed by atoms with Crippen LogP contribution in [0.1, 0.15) is 23.7 Å². The average Bonchev–Trinajstić information content (AvgIpc) is 2.37. The third-order valence-corrected chi connectivity index (χ3v) is 2.64. The molecular formula is C13H18ClNO2. The maximum atomic E-state index is 12.3. The number of carbonyl (C=O) groups is 1. The summed E-state index contributed by atoms with van der Waals surface area (Å²) in [5.41, 5.74) is 0.591. The van der Waals surface area contributed by atoms with Gasteiger partial charge in [-0.25, -0.2) is 0 Å². The zero-order chi connectivity index (χ0) is 12.7. The average molecular weight is 256 g/mol. The topological polar surface area (TPSA) is 29.5 Å². The van der Waals surface area contributed by atoms with E-state index in [1.54, 1.807) is 24.1 Å². The third-order valence-electron chi connectivity index (χ3n) is 2.47. The SMILES string of the molecule is CCCN(CCCl)C(=O)c1ccccc1OC. The minimum atomic E-state index is -0.0232. The molecule has 1 rings (SSSR count). The summed E-state index contributed by atoms with van der Waals surface area (Å²) in [5, 5.41) is 0. The number of para-hydroxylation sites is 1. The van der Waals surface area contributed by atoms with Gasteiger partial charge in [-0.15, -0.1) is 11.6 Å². The molecule has 3 nitrogen and oxygen atoms in total. The lowest BCUT2D eigenvalue weighted by atomic mass is 10.1. The lowest BCUT2D eigenvalue weighted by molar-refractivity contribution is 0.0762. The van der Waals surface area contributed by atoms with Gasteiger partial charge >= 0.3 is 0 Å². The summed E-state index contributed by atoms with van der Waals surface area (Å²) in [6.45, 7) is 3.31. The Morgan fingerprint density at radius 3 is 2.65 bits per heavy atom. The fourth-order valence-electron chi connectivity index (χ4n) is 1.68. The number of methoxy groups -OCH3 is 1. The molecule has 1 aromatic carbocycles. The molecule has 0 heterocycles. The second-order valence-electron chi connectivity index (χ2n) is 3.68. The Morgan fingerprint density at radius 1 is 1.35 bits per heavy atom. The van der Waals surface area contributed by atoms with Crippen LogP contribution in [-0.4, -0.2) is 36.9 Å². The summed E-state index contributed by atoms with van der Waals surface area (Å²) in [7, 11) is 1.57. The van der Waals surface area contributed by atoms with Gasteiger partial charge in [0.2, 0.25) is 0 Å². The minimum absolute atomic E-state index is 0.0232. The Labute approximate surface area is 107 Å². The van der Waals surface area contributed by atoms with E-state index in [4.69, 9.17) is 16.3 Å². The molecule has 4 heteroatoms. The van der Waals surface area contributed by atoms with Crippen molar-refractivity contribution < 1.29 is 9.53 Å². The molecule has 1 amide bonds. The molecule has 0 bridgehead atoms. The van der Waals surface area contributed by atoms with Gasteiger partial charge in [0.1, 0.15) is 5.75 Å². The van der Waals surface area contributed by atoms with Crippen LogP contribution in [0.2, 0.25) is 0 Å². The van der Waals surface area contributed by atoms with Gasteiger partial charge < -0.3 is 9.64 Å². The van der Waals surface area contributed by atoms with E-state index in [1.165, 1.54) is 0 Å². The normalized spacial score (nSPS) is 10.1. The van der Waals surface area contributed by atoms with Gasteiger partial charge in [0.05, 0.1) is 12.7 Å². The lowest BCUT2D eigenvalue weighted by Gasteiger charge is -2.21. The molecule has 0 N–H and O–H groups in total. The molecule has 0 aliphatic carbocycles. The van der Waals surface area contributed by atoms with Crippen LogP contribution in [0.15, 0.2) is 24.3 Å². The number of hydrogen-bond acceptors (Lipinski definition) is 2. The monoisotopic (exact) mass is 255 g/mol. The van der Waals surface area contributed by atoms with Crippen molar-refractivity contribution in [3.8, 4) is 5.75 Å². The van der Waals surface area contributed by atoms with Crippen molar-refractivity contribution in [3.05, 3.63) is 29.8 Å². The number of carbonyl (C=O) groups excluding carboxylic acids is 1. The number of alkyl halides is 1. The molecule has 0 spiro atoms. The largest absolute Gasteiger partial charge is 0.496 e. The number of nitrogens with zero attached hydrogens (tertiary/aromatic N) is 1. The Bertz CT molecular complexity index is 362. The second kappa shape index (κ2) is 7.17. The molecule has 0 aliphatic rings. The number of hydrogen-bond donors (Lipinski definition) is 0. The smallest absolute Gasteiger partial charge is 0.257 e. The first-order valence-corrected chi connectivity index (χ1v) is 6.26. The van der Waals surface area contributed by atoms with Crippen molar-refractivity contribution in [3.63, 3.8) is 0 Å². The standard InChI is InChI=1S/C13H18ClNO2/c1-3-9-15(10-8-14)13(16)11-6-4-5-7-12(11)17-2/h4-7H,3,8-10H2,1-2H3. The van der Waals surface area contributed by atoms with Crippen molar-refractivity contribution in [2.45, 2.75) is 13.3 Å². The molecule has 0 aliphatic heterocycles. The highest BCUT2D eigenvalue weighted by Crippen LogP contribution is 2.19. The van der Waals surface area contributed by atoms with Crippen LogP contribution in [0.3, 0.4) is 0 Å². The van der Waals surface area contributed by atoms with Crippen molar-refractivity contribution in [1.29, 1.82) is 0 Å². The van der Waals surface area contributed by atoms with E-state index in [-0.39, 0.29) is 5.91 Å². The summed E-state index contributed by atoms with van der Waals surface area (Å²) in [6, 6.07) is 7.25. The van der Waals surface area contributed by atoms with Crippen molar-refractivity contribution in [2.75, 3.05) is 26.1 Å². The molecule has 0 saturated carbocycles. The van der Waals surface area contributed by atoms with E-state index in [0.717, 1.165) is 6.42 Å². The highest BCUT2D eigenvalue weighted by atomic mass is 35.5. The number of halogens is 1. The fraction of sp³-hybridized carbons (Fsp3) is 0.462. The highest BCUT2D eigenvalue weighted by Gasteiger charge is 2.17. The van der Waals surface area contributed by atoms with Crippen LogP contribution in [0.5, 0.6) is 5.75 Å². The molecule has 0 fully saturated rings. The molecule has 1 aromatic rings. The second-order valence-corrected chi connectivity index (χ2v) is 4.06. The van der Waals surface area contributed by atoms with Crippen LogP contribution in [-0.2, 0) is 0 Å². The van der Waals surface area contributed by atoms with Gasteiger partial charge in [-0.3, -0.25) is 4.79 Å². The fourth-order valence-corrected chi connectivity index (χ4v) is 1.88. The van der Waals surface area contributed by atoms with Crippen LogP contribution in [0.25, 0.3) is 0 Å².